The Labute approximate surface area is 258 Å². The van der Waals surface area contributed by atoms with Gasteiger partial charge in [-0.2, -0.15) is 0 Å². The molecule has 1 fully saturated rings. The summed E-state index contributed by atoms with van der Waals surface area (Å²) in [4.78, 5) is 25.6. The van der Waals surface area contributed by atoms with E-state index in [1.54, 1.807) is 48.8 Å². The molecule has 0 aliphatic carbocycles. The number of carboxylic acids is 1. The zero-order chi connectivity index (χ0) is 32.6. The van der Waals surface area contributed by atoms with E-state index >= 15 is 0 Å². The first-order chi connectivity index (χ1) is 19.9. The number of hydrogen-bond acceptors (Lipinski definition) is 8. The Balaban J connectivity index is 2.31. The van der Waals surface area contributed by atoms with Crippen molar-refractivity contribution in [1.29, 1.82) is 0 Å². The number of benzene rings is 1. The summed E-state index contributed by atoms with van der Waals surface area (Å²) < 4.78 is 28.6. The van der Waals surface area contributed by atoms with Gasteiger partial charge in [0, 0.05) is 32.6 Å². The molecule has 3 N–H and O–H groups in total. The van der Waals surface area contributed by atoms with Crippen LogP contribution in [0.25, 0.3) is 0 Å². The fourth-order valence-corrected chi connectivity index (χ4v) is 5.62. The molecule has 10 nitrogen and oxygen atoms in total. The van der Waals surface area contributed by atoms with Gasteiger partial charge in [-0.15, -0.1) is 0 Å². The lowest BCUT2D eigenvalue weighted by molar-refractivity contribution is -0.150. The summed E-state index contributed by atoms with van der Waals surface area (Å²) in [7, 11) is 3.30. The lowest BCUT2D eigenvalue weighted by Gasteiger charge is -2.38. The average molecular weight is 609 g/mol. The van der Waals surface area contributed by atoms with E-state index in [0.29, 0.717) is 30.6 Å². The number of amides is 1. The van der Waals surface area contributed by atoms with Gasteiger partial charge in [0.05, 0.1) is 19.8 Å². The second kappa shape index (κ2) is 15.4. The molecular formula is C33H56N2O8. The number of nitrogens with one attached hydrogen (secondary N) is 2. The quantitative estimate of drug-likeness (QED) is 0.200. The Bertz CT molecular complexity index is 1050. The van der Waals surface area contributed by atoms with Crippen LogP contribution in [0.3, 0.4) is 0 Å². The van der Waals surface area contributed by atoms with E-state index in [0.717, 1.165) is 24.8 Å². The Morgan fingerprint density at radius 1 is 1.09 bits per heavy atom. The number of aliphatic carboxylic acids is 1. The normalized spacial score (nSPS) is 20.5. The van der Waals surface area contributed by atoms with Crippen LogP contribution in [0.2, 0.25) is 0 Å². The minimum absolute atomic E-state index is 0.0904. The molecule has 0 saturated carbocycles. The smallest absolute Gasteiger partial charge is 0.408 e. The minimum atomic E-state index is -1.58. The van der Waals surface area contributed by atoms with Crippen molar-refractivity contribution in [3.05, 3.63) is 23.8 Å². The highest BCUT2D eigenvalue weighted by molar-refractivity contribution is 5.85. The van der Waals surface area contributed by atoms with Gasteiger partial charge in [0.2, 0.25) is 0 Å². The van der Waals surface area contributed by atoms with Gasteiger partial charge in [-0.1, -0.05) is 33.8 Å². The van der Waals surface area contributed by atoms with Crippen LogP contribution < -0.4 is 20.1 Å². The van der Waals surface area contributed by atoms with Crippen molar-refractivity contribution in [2.24, 2.45) is 17.8 Å². The van der Waals surface area contributed by atoms with Crippen molar-refractivity contribution < 1.29 is 38.4 Å². The summed E-state index contributed by atoms with van der Waals surface area (Å²) in [5.74, 6) is 0.449. The predicted octanol–water partition coefficient (Wildman–Crippen LogP) is 5.80. The number of hydrogen-bond donors (Lipinski definition) is 3. The average Bonchev–Trinajstić information content (AvgIpc) is 3.16. The van der Waals surface area contributed by atoms with E-state index in [4.69, 9.17) is 23.7 Å². The van der Waals surface area contributed by atoms with Gasteiger partial charge in [0.25, 0.3) is 0 Å². The highest BCUT2D eigenvalue weighted by atomic mass is 16.6. The monoisotopic (exact) mass is 608 g/mol. The highest BCUT2D eigenvalue weighted by Crippen LogP contribution is 2.37. The molecule has 2 rings (SSSR count). The zero-order valence-electron chi connectivity index (χ0n) is 28.2. The maximum atomic E-state index is 12.8. The summed E-state index contributed by atoms with van der Waals surface area (Å²) in [6.45, 7) is 18.3. The van der Waals surface area contributed by atoms with E-state index in [9.17, 15) is 14.7 Å². The standard InChI is InChI=1S/C33H56N2O8/c1-21(2)24(17-23-13-14-26(40-11)27(18-23)41-16-12-15-39-10)19-25-28(42-32(8,9)34-25)20-33(22(3)4,29(36)37)35-30(38)43-31(5,6)7/h13-14,18,21-22,24-25,28,34H,12,15-17,19-20H2,1-11H3,(H,35,38)(H,36,37)/t24-,25-,28-,33-/m0/s1. The van der Waals surface area contributed by atoms with Crippen molar-refractivity contribution in [3.8, 4) is 11.5 Å². The Morgan fingerprint density at radius 2 is 1.77 bits per heavy atom. The maximum absolute atomic E-state index is 12.8. The molecule has 1 aliphatic heterocycles. The van der Waals surface area contributed by atoms with Crippen molar-refractivity contribution in [2.75, 3.05) is 27.4 Å². The summed E-state index contributed by atoms with van der Waals surface area (Å²) in [6.07, 6.45) is 1.20. The number of ether oxygens (including phenoxy) is 5. The fourth-order valence-electron chi connectivity index (χ4n) is 5.62. The number of alkyl carbamates (subject to hydrolysis) is 1. The van der Waals surface area contributed by atoms with E-state index in [-0.39, 0.29) is 18.4 Å². The highest BCUT2D eigenvalue weighted by Gasteiger charge is 2.51. The van der Waals surface area contributed by atoms with Gasteiger partial charge >= 0.3 is 12.1 Å². The van der Waals surface area contributed by atoms with E-state index in [1.807, 2.05) is 26.0 Å². The van der Waals surface area contributed by atoms with Crippen LogP contribution in [0.1, 0.15) is 87.1 Å². The molecule has 10 heteroatoms. The third-order valence-corrected chi connectivity index (χ3v) is 8.02. The van der Waals surface area contributed by atoms with Crippen molar-refractivity contribution in [3.63, 3.8) is 0 Å². The third-order valence-electron chi connectivity index (χ3n) is 8.02. The van der Waals surface area contributed by atoms with Gasteiger partial charge in [-0.3, -0.25) is 5.32 Å². The Hall–Kier alpha value is -2.56. The first-order valence-electron chi connectivity index (χ1n) is 15.4. The summed E-state index contributed by atoms with van der Waals surface area (Å²) >= 11 is 0. The first kappa shape index (κ1) is 36.6. The van der Waals surface area contributed by atoms with Crippen LogP contribution in [-0.4, -0.2) is 73.6 Å². The molecule has 1 amide bonds. The van der Waals surface area contributed by atoms with Crippen LogP contribution >= 0.6 is 0 Å². The molecule has 1 aromatic carbocycles. The molecule has 0 spiro atoms. The summed E-state index contributed by atoms with van der Waals surface area (Å²) in [5.41, 5.74) is -1.87. The molecule has 246 valence electrons. The van der Waals surface area contributed by atoms with Gasteiger partial charge in [-0.25, -0.2) is 9.59 Å². The van der Waals surface area contributed by atoms with Gasteiger partial charge < -0.3 is 34.1 Å². The number of carboxylic acid groups (broad SMARTS) is 1. The molecule has 1 aromatic rings. The Kier molecular flexibility index (Phi) is 13.2. The largest absolute Gasteiger partial charge is 0.493 e. The molecule has 43 heavy (non-hydrogen) atoms. The SMILES string of the molecule is COCCCOc1cc(C[C@@H](C[C@@H]2NC(C)(C)O[C@H]2C[C@@](NC(=O)OC(C)(C)C)(C(=O)O)C(C)C)C(C)C)ccc1OC. The molecule has 1 aliphatic rings. The third kappa shape index (κ3) is 10.8. The maximum Gasteiger partial charge on any atom is 0.408 e. The van der Waals surface area contributed by atoms with Crippen molar-refractivity contribution in [1.82, 2.24) is 10.6 Å². The second-order valence-electron chi connectivity index (χ2n) is 13.8. The van der Waals surface area contributed by atoms with E-state index in [1.165, 1.54) is 0 Å². The molecule has 1 heterocycles. The molecule has 0 unspecified atom stereocenters. The first-order valence-corrected chi connectivity index (χ1v) is 15.4. The number of carbonyl (C=O) groups is 2. The van der Waals surface area contributed by atoms with Crippen molar-refractivity contribution in [2.45, 2.75) is 117 Å². The number of rotatable bonds is 16. The fraction of sp³-hybridized carbons (Fsp3) is 0.758. The second-order valence-corrected chi connectivity index (χ2v) is 13.8. The molecule has 4 atom stereocenters. The molecule has 0 bridgehead atoms. The predicted molar refractivity (Wildman–Crippen MR) is 167 cm³/mol. The molecular weight excluding hydrogens is 552 g/mol. The topological polar surface area (TPSA) is 125 Å². The van der Waals surface area contributed by atoms with E-state index in [2.05, 4.69) is 30.5 Å². The summed E-state index contributed by atoms with van der Waals surface area (Å²) in [6, 6.07) is 5.91. The van der Waals surface area contributed by atoms with Crippen LogP contribution in [-0.2, 0) is 25.4 Å². The number of carbonyl (C=O) groups excluding carboxylic acids is 1. The minimum Gasteiger partial charge on any atom is -0.493 e. The van der Waals surface area contributed by atoms with Crippen LogP contribution in [0.5, 0.6) is 11.5 Å². The van der Waals surface area contributed by atoms with E-state index < -0.39 is 40.9 Å². The molecule has 0 aromatic heterocycles. The lowest BCUT2D eigenvalue weighted by atomic mass is 9.77. The number of methoxy groups -OCH3 is 2. The van der Waals surface area contributed by atoms with Crippen LogP contribution in [0.4, 0.5) is 4.79 Å². The summed E-state index contributed by atoms with van der Waals surface area (Å²) in [5, 5.41) is 16.8. The zero-order valence-corrected chi connectivity index (χ0v) is 28.2. The van der Waals surface area contributed by atoms with Crippen molar-refractivity contribution >= 4 is 12.1 Å². The van der Waals surface area contributed by atoms with Crippen LogP contribution in [0.15, 0.2) is 18.2 Å². The van der Waals surface area contributed by atoms with Gasteiger partial charge in [0.1, 0.15) is 16.9 Å². The molecule has 0 radical (unpaired) electrons. The van der Waals surface area contributed by atoms with Gasteiger partial charge in [0.15, 0.2) is 11.5 Å². The van der Waals surface area contributed by atoms with Crippen LogP contribution in [0, 0.1) is 17.8 Å². The van der Waals surface area contributed by atoms with Gasteiger partial charge in [-0.05, 0) is 82.9 Å². The Morgan fingerprint density at radius 3 is 2.30 bits per heavy atom. The lowest BCUT2D eigenvalue weighted by Crippen LogP contribution is -2.61. The molecule has 1 saturated heterocycles.